The third-order valence-corrected chi connectivity index (χ3v) is 4.01. The molecule has 0 unspecified atom stereocenters. The van der Waals surface area contributed by atoms with E-state index in [1.54, 1.807) is 11.4 Å². The van der Waals surface area contributed by atoms with Gasteiger partial charge in [0.1, 0.15) is 11.4 Å². The second-order valence-corrected chi connectivity index (χ2v) is 5.68. The zero-order valence-corrected chi connectivity index (χ0v) is 12.7. The van der Waals surface area contributed by atoms with Gasteiger partial charge in [-0.1, -0.05) is 0 Å². The van der Waals surface area contributed by atoms with E-state index >= 15 is 0 Å². The van der Waals surface area contributed by atoms with Gasteiger partial charge in [-0.05, 0) is 23.6 Å². The predicted octanol–water partition coefficient (Wildman–Crippen LogP) is 2.14. The van der Waals surface area contributed by atoms with Gasteiger partial charge in [0.15, 0.2) is 0 Å². The van der Waals surface area contributed by atoms with E-state index in [1.165, 1.54) is 23.7 Å². The second-order valence-electron chi connectivity index (χ2n) is 4.79. The Morgan fingerprint density at radius 1 is 1.42 bits per heavy atom. The minimum absolute atomic E-state index is 0.0609. The molecule has 0 radical (unpaired) electrons. The Morgan fingerprint density at radius 3 is 2.96 bits per heavy atom. The van der Waals surface area contributed by atoms with Crippen molar-refractivity contribution in [3.63, 3.8) is 0 Å². The summed E-state index contributed by atoms with van der Waals surface area (Å²) in [6.07, 6.45) is 1.26. The number of rotatable bonds is 4. The van der Waals surface area contributed by atoms with Crippen molar-refractivity contribution in [3.05, 3.63) is 62.3 Å². The Balaban J connectivity index is 1.80. The SMILES string of the molecule is O=C(Cn1cnc2sccc2c1=O)Nc1ccc(F)c([N+](=O)[O-])c1. The molecule has 1 aromatic carbocycles. The lowest BCUT2D eigenvalue weighted by atomic mass is 10.2. The topological polar surface area (TPSA) is 107 Å². The molecular formula is C14H9FN4O4S. The van der Waals surface area contributed by atoms with Crippen molar-refractivity contribution in [2.45, 2.75) is 6.54 Å². The van der Waals surface area contributed by atoms with Crippen LogP contribution in [0.15, 0.2) is 40.8 Å². The largest absolute Gasteiger partial charge is 0.324 e. The number of thiophene rings is 1. The quantitative estimate of drug-likeness (QED) is 0.574. The first kappa shape index (κ1) is 15.7. The monoisotopic (exact) mass is 348 g/mol. The number of fused-ring (bicyclic) bond motifs is 1. The number of nitrogens with one attached hydrogen (secondary N) is 1. The highest BCUT2D eigenvalue weighted by Crippen LogP contribution is 2.21. The van der Waals surface area contributed by atoms with Gasteiger partial charge < -0.3 is 5.32 Å². The van der Waals surface area contributed by atoms with Crippen molar-refractivity contribution in [1.82, 2.24) is 9.55 Å². The van der Waals surface area contributed by atoms with Gasteiger partial charge in [-0.25, -0.2) is 4.98 Å². The lowest BCUT2D eigenvalue weighted by Crippen LogP contribution is -2.27. The van der Waals surface area contributed by atoms with Crippen LogP contribution >= 0.6 is 11.3 Å². The summed E-state index contributed by atoms with van der Waals surface area (Å²) in [5.41, 5.74) is -1.04. The summed E-state index contributed by atoms with van der Waals surface area (Å²) in [6, 6.07) is 4.62. The number of halogens is 1. The number of nitro groups is 1. The molecular weight excluding hydrogens is 339 g/mol. The van der Waals surface area contributed by atoms with E-state index in [9.17, 15) is 24.1 Å². The van der Waals surface area contributed by atoms with Crippen LogP contribution in [-0.2, 0) is 11.3 Å². The molecule has 0 atom stereocenters. The Morgan fingerprint density at radius 2 is 2.21 bits per heavy atom. The normalized spacial score (nSPS) is 10.7. The fraction of sp³-hybridized carbons (Fsp3) is 0.0714. The molecule has 3 rings (SSSR count). The zero-order chi connectivity index (χ0) is 17.3. The van der Waals surface area contributed by atoms with Crippen LogP contribution in [0.25, 0.3) is 10.2 Å². The molecule has 122 valence electrons. The van der Waals surface area contributed by atoms with Gasteiger partial charge >= 0.3 is 5.69 Å². The van der Waals surface area contributed by atoms with E-state index in [0.29, 0.717) is 10.2 Å². The standard InChI is InChI=1S/C14H9FN4O4S/c15-10-2-1-8(5-11(10)19(22)23)17-12(20)6-18-7-16-13-9(14(18)21)3-4-24-13/h1-5,7H,6H2,(H,17,20). The first-order valence-corrected chi connectivity index (χ1v) is 7.50. The van der Waals surface area contributed by atoms with Crippen LogP contribution in [0.4, 0.5) is 15.8 Å². The van der Waals surface area contributed by atoms with Gasteiger partial charge in [0.05, 0.1) is 16.6 Å². The molecule has 0 aliphatic heterocycles. The van der Waals surface area contributed by atoms with Crippen molar-refractivity contribution in [2.75, 3.05) is 5.32 Å². The molecule has 2 aromatic heterocycles. The summed E-state index contributed by atoms with van der Waals surface area (Å²) in [7, 11) is 0. The number of carbonyl (C=O) groups excluding carboxylic acids is 1. The van der Waals surface area contributed by atoms with Gasteiger partial charge in [-0.2, -0.15) is 4.39 Å². The predicted molar refractivity (Wildman–Crippen MR) is 85.6 cm³/mol. The van der Waals surface area contributed by atoms with Crippen LogP contribution < -0.4 is 10.9 Å². The third kappa shape index (κ3) is 2.99. The van der Waals surface area contributed by atoms with Crippen LogP contribution in [0.1, 0.15) is 0 Å². The number of anilines is 1. The average molecular weight is 348 g/mol. The molecule has 0 bridgehead atoms. The van der Waals surface area contributed by atoms with E-state index in [0.717, 1.165) is 16.7 Å². The van der Waals surface area contributed by atoms with E-state index in [-0.39, 0.29) is 17.8 Å². The first-order chi connectivity index (χ1) is 11.5. The van der Waals surface area contributed by atoms with Gasteiger partial charge in [-0.3, -0.25) is 24.3 Å². The molecule has 0 spiro atoms. The molecule has 24 heavy (non-hydrogen) atoms. The van der Waals surface area contributed by atoms with Crippen LogP contribution in [0.5, 0.6) is 0 Å². The molecule has 0 saturated heterocycles. The maximum absolute atomic E-state index is 13.3. The highest BCUT2D eigenvalue weighted by molar-refractivity contribution is 7.16. The molecule has 10 heteroatoms. The smallest absolute Gasteiger partial charge is 0.306 e. The summed E-state index contributed by atoms with van der Waals surface area (Å²) >= 11 is 1.31. The summed E-state index contributed by atoms with van der Waals surface area (Å²) in [5.74, 6) is -1.59. The molecule has 1 N–H and O–H groups in total. The van der Waals surface area contributed by atoms with Crippen LogP contribution in [-0.4, -0.2) is 20.4 Å². The molecule has 0 fully saturated rings. The zero-order valence-electron chi connectivity index (χ0n) is 11.9. The Hall–Kier alpha value is -3.14. The number of hydrogen-bond acceptors (Lipinski definition) is 6. The van der Waals surface area contributed by atoms with E-state index in [2.05, 4.69) is 10.3 Å². The van der Waals surface area contributed by atoms with Crippen molar-refractivity contribution < 1.29 is 14.1 Å². The molecule has 0 aliphatic rings. The third-order valence-electron chi connectivity index (χ3n) is 3.19. The second kappa shape index (κ2) is 6.16. The van der Waals surface area contributed by atoms with E-state index < -0.39 is 22.3 Å². The molecule has 3 aromatic rings. The number of carbonyl (C=O) groups is 1. The number of hydrogen-bond donors (Lipinski definition) is 1. The maximum atomic E-state index is 13.3. The molecule has 1 amide bonds. The summed E-state index contributed by atoms with van der Waals surface area (Å²) in [5, 5.41) is 15.2. The van der Waals surface area contributed by atoms with Crippen molar-refractivity contribution in [1.29, 1.82) is 0 Å². The summed E-state index contributed by atoms with van der Waals surface area (Å²) in [6.45, 7) is -0.317. The Labute approximate surface area is 137 Å². The lowest BCUT2D eigenvalue weighted by Gasteiger charge is -2.07. The van der Waals surface area contributed by atoms with Crippen LogP contribution in [0, 0.1) is 15.9 Å². The summed E-state index contributed by atoms with van der Waals surface area (Å²) < 4.78 is 14.4. The van der Waals surface area contributed by atoms with Crippen LogP contribution in [0.3, 0.4) is 0 Å². The van der Waals surface area contributed by atoms with Crippen molar-refractivity contribution in [3.8, 4) is 0 Å². The Bertz CT molecular complexity index is 1010. The van der Waals surface area contributed by atoms with Gasteiger partial charge in [0, 0.05) is 11.8 Å². The molecule has 2 heterocycles. The average Bonchev–Trinajstić information content (AvgIpc) is 3.01. The van der Waals surface area contributed by atoms with Gasteiger partial charge in [0.2, 0.25) is 11.7 Å². The number of amides is 1. The van der Waals surface area contributed by atoms with E-state index in [4.69, 9.17) is 0 Å². The number of nitro benzene ring substituents is 1. The highest BCUT2D eigenvalue weighted by atomic mass is 32.1. The minimum atomic E-state index is -0.999. The number of aromatic nitrogens is 2. The minimum Gasteiger partial charge on any atom is -0.324 e. The lowest BCUT2D eigenvalue weighted by molar-refractivity contribution is -0.387. The fourth-order valence-electron chi connectivity index (χ4n) is 2.09. The number of benzene rings is 1. The van der Waals surface area contributed by atoms with E-state index in [1.807, 2.05) is 0 Å². The summed E-state index contributed by atoms with van der Waals surface area (Å²) in [4.78, 5) is 38.6. The molecule has 0 aliphatic carbocycles. The molecule has 8 nitrogen and oxygen atoms in total. The van der Waals surface area contributed by atoms with Gasteiger partial charge in [-0.15, -0.1) is 11.3 Å². The van der Waals surface area contributed by atoms with Crippen molar-refractivity contribution >= 4 is 38.8 Å². The fourth-order valence-corrected chi connectivity index (χ4v) is 2.81. The number of nitrogens with zero attached hydrogens (tertiary/aromatic N) is 3. The Kier molecular flexibility index (Phi) is 4.04. The highest BCUT2D eigenvalue weighted by Gasteiger charge is 2.16. The maximum Gasteiger partial charge on any atom is 0.306 e. The van der Waals surface area contributed by atoms with Crippen molar-refractivity contribution in [2.24, 2.45) is 0 Å². The molecule has 0 saturated carbocycles. The van der Waals surface area contributed by atoms with Crippen LogP contribution in [0.2, 0.25) is 0 Å². The van der Waals surface area contributed by atoms with Gasteiger partial charge in [0.25, 0.3) is 5.56 Å². The first-order valence-electron chi connectivity index (χ1n) is 6.62.